The maximum Gasteiger partial charge on any atom is 0.230 e. The van der Waals surface area contributed by atoms with Crippen LogP contribution in [0.5, 0.6) is 0 Å². The molecule has 0 aliphatic carbocycles. The van der Waals surface area contributed by atoms with E-state index >= 15 is 0 Å². The second-order valence-electron chi connectivity index (χ2n) is 5.19. The van der Waals surface area contributed by atoms with Gasteiger partial charge in [-0.2, -0.15) is 0 Å². The molecule has 0 aliphatic rings. The number of thiophene rings is 1. The molecular formula is C17H17N3OS4. The fourth-order valence-corrected chi connectivity index (χ4v) is 5.68. The summed E-state index contributed by atoms with van der Waals surface area (Å²) in [5.41, 5.74) is 1.10. The molecule has 3 aromatic rings. The maximum atomic E-state index is 12.1. The summed E-state index contributed by atoms with van der Waals surface area (Å²) in [6.45, 7) is 1.99. The van der Waals surface area contributed by atoms with Crippen LogP contribution in [0.1, 0.15) is 23.4 Å². The van der Waals surface area contributed by atoms with E-state index < -0.39 is 0 Å². The van der Waals surface area contributed by atoms with Crippen molar-refractivity contribution in [1.82, 2.24) is 15.5 Å². The number of aromatic nitrogens is 2. The van der Waals surface area contributed by atoms with E-state index in [0.717, 1.165) is 20.0 Å². The van der Waals surface area contributed by atoms with Gasteiger partial charge in [0.25, 0.3) is 0 Å². The van der Waals surface area contributed by atoms with E-state index in [2.05, 4.69) is 33.0 Å². The van der Waals surface area contributed by atoms with Gasteiger partial charge in [-0.05, 0) is 23.9 Å². The van der Waals surface area contributed by atoms with Crippen molar-refractivity contribution in [1.29, 1.82) is 0 Å². The molecule has 4 nitrogen and oxygen atoms in total. The normalized spacial score (nSPS) is 12.0. The van der Waals surface area contributed by atoms with E-state index in [4.69, 9.17) is 0 Å². The Hall–Kier alpha value is -1.35. The zero-order valence-corrected chi connectivity index (χ0v) is 16.8. The number of thioether (sulfide) groups is 2. The second-order valence-corrected chi connectivity index (χ2v) is 9.65. The summed E-state index contributed by atoms with van der Waals surface area (Å²) in [4.78, 5) is 13.4. The lowest BCUT2D eigenvalue weighted by Gasteiger charge is -2.13. The smallest absolute Gasteiger partial charge is 0.230 e. The highest BCUT2D eigenvalue weighted by Gasteiger charge is 2.12. The molecule has 1 N–H and O–H groups in total. The molecule has 0 saturated heterocycles. The molecule has 1 atom stereocenters. The first-order valence-electron chi connectivity index (χ1n) is 7.66. The number of rotatable bonds is 8. The fraction of sp³-hybridized carbons (Fsp3) is 0.235. The van der Waals surface area contributed by atoms with Gasteiger partial charge in [0, 0.05) is 10.6 Å². The molecule has 1 aromatic carbocycles. The van der Waals surface area contributed by atoms with E-state index in [1.165, 1.54) is 16.6 Å². The molecule has 0 unspecified atom stereocenters. The SMILES string of the molecule is C[C@@H](NC(=O)CSc1nnc(SCc2cccs2)s1)c1ccccc1. The lowest BCUT2D eigenvalue weighted by atomic mass is 10.1. The largest absolute Gasteiger partial charge is 0.349 e. The van der Waals surface area contributed by atoms with E-state index in [1.807, 2.05) is 37.3 Å². The highest BCUT2D eigenvalue weighted by molar-refractivity contribution is 8.03. The lowest BCUT2D eigenvalue weighted by molar-refractivity contribution is -0.119. The summed E-state index contributed by atoms with van der Waals surface area (Å²) in [7, 11) is 0. The number of carbonyl (C=O) groups is 1. The van der Waals surface area contributed by atoms with Crippen molar-refractivity contribution in [2.24, 2.45) is 0 Å². The number of nitrogens with zero attached hydrogens (tertiary/aromatic N) is 2. The second kappa shape index (κ2) is 9.38. The van der Waals surface area contributed by atoms with Crippen molar-refractivity contribution in [2.75, 3.05) is 5.75 Å². The molecule has 8 heteroatoms. The van der Waals surface area contributed by atoms with Crippen LogP contribution < -0.4 is 5.32 Å². The topological polar surface area (TPSA) is 54.9 Å². The van der Waals surface area contributed by atoms with Gasteiger partial charge in [-0.3, -0.25) is 4.79 Å². The summed E-state index contributed by atoms with van der Waals surface area (Å²) < 4.78 is 1.77. The number of hydrogen-bond donors (Lipinski definition) is 1. The molecule has 2 aromatic heterocycles. The average molecular weight is 408 g/mol. The van der Waals surface area contributed by atoms with Crippen LogP contribution in [-0.4, -0.2) is 21.9 Å². The van der Waals surface area contributed by atoms with Crippen LogP contribution in [0.3, 0.4) is 0 Å². The van der Waals surface area contributed by atoms with Crippen LogP contribution in [0, 0.1) is 0 Å². The molecule has 0 saturated carbocycles. The molecule has 0 bridgehead atoms. The van der Waals surface area contributed by atoms with Crippen molar-refractivity contribution in [2.45, 2.75) is 27.4 Å². The Morgan fingerprint density at radius 1 is 1.12 bits per heavy atom. The predicted molar refractivity (Wildman–Crippen MR) is 108 cm³/mol. The first-order chi connectivity index (χ1) is 12.2. The van der Waals surface area contributed by atoms with Gasteiger partial charge in [0.1, 0.15) is 0 Å². The Bertz CT molecular complexity index is 789. The third-order valence-corrected chi connectivity index (χ3v) is 7.61. The number of nitrogens with one attached hydrogen (secondary N) is 1. The van der Waals surface area contributed by atoms with Crippen LogP contribution in [0.15, 0.2) is 56.5 Å². The highest BCUT2D eigenvalue weighted by Crippen LogP contribution is 2.31. The summed E-state index contributed by atoms with van der Waals surface area (Å²) in [5.74, 6) is 1.26. The minimum absolute atomic E-state index is 0.000585. The number of carbonyl (C=O) groups excluding carboxylic acids is 1. The Morgan fingerprint density at radius 3 is 2.60 bits per heavy atom. The molecular weight excluding hydrogens is 390 g/mol. The van der Waals surface area contributed by atoms with Gasteiger partial charge in [0.05, 0.1) is 11.8 Å². The monoisotopic (exact) mass is 407 g/mol. The molecule has 2 heterocycles. The Morgan fingerprint density at radius 2 is 1.88 bits per heavy atom. The molecule has 1 amide bonds. The maximum absolute atomic E-state index is 12.1. The molecule has 0 fully saturated rings. The highest BCUT2D eigenvalue weighted by atomic mass is 32.2. The molecule has 0 aliphatic heterocycles. The van der Waals surface area contributed by atoms with Gasteiger partial charge in [0.15, 0.2) is 8.68 Å². The van der Waals surface area contributed by atoms with Gasteiger partial charge in [0.2, 0.25) is 5.91 Å². The van der Waals surface area contributed by atoms with Crippen LogP contribution in [0.2, 0.25) is 0 Å². The van der Waals surface area contributed by atoms with Crippen molar-refractivity contribution >= 4 is 52.1 Å². The van der Waals surface area contributed by atoms with Gasteiger partial charge in [-0.15, -0.1) is 21.5 Å². The van der Waals surface area contributed by atoms with Crippen molar-refractivity contribution in [3.63, 3.8) is 0 Å². The summed E-state index contributed by atoms with van der Waals surface area (Å²) >= 11 is 6.40. The quantitative estimate of drug-likeness (QED) is 0.540. The summed E-state index contributed by atoms with van der Waals surface area (Å²) in [5, 5.41) is 13.4. The summed E-state index contributed by atoms with van der Waals surface area (Å²) in [6, 6.07) is 14.1. The third-order valence-electron chi connectivity index (χ3n) is 3.31. The number of benzene rings is 1. The molecule has 25 heavy (non-hydrogen) atoms. The van der Waals surface area contributed by atoms with Gasteiger partial charge >= 0.3 is 0 Å². The Kier molecular flexibility index (Phi) is 6.92. The van der Waals surface area contributed by atoms with Crippen LogP contribution >= 0.6 is 46.2 Å². The van der Waals surface area contributed by atoms with Crippen molar-refractivity contribution in [3.05, 3.63) is 58.3 Å². The Balaban J connectivity index is 1.43. The number of amides is 1. The molecule has 0 spiro atoms. The van der Waals surface area contributed by atoms with Gasteiger partial charge < -0.3 is 5.32 Å². The lowest BCUT2D eigenvalue weighted by Crippen LogP contribution is -2.28. The zero-order valence-electron chi connectivity index (χ0n) is 13.5. The van der Waals surface area contributed by atoms with Gasteiger partial charge in [-0.25, -0.2) is 0 Å². The summed E-state index contributed by atoms with van der Waals surface area (Å²) in [6.07, 6.45) is 0. The van der Waals surface area contributed by atoms with Crippen molar-refractivity contribution < 1.29 is 4.79 Å². The minimum atomic E-state index is 0.000585. The first-order valence-corrected chi connectivity index (χ1v) is 11.3. The van der Waals surface area contributed by atoms with Crippen molar-refractivity contribution in [3.8, 4) is 0 Å². The fourth-order valence-electron chi connectivity index (χ4n) is 2.08. The average Bonchev–Trinajstić information content (AvgIpc) is 3.30. The molecule has 0 radical (unpaired) electrons. The van der Waals surface area contributed by atoms with E-state index in [9.17, 15) is 4.79 Å². The standard InChI is InChI=1S/C17H17N3OS4/c1-12(13-6-3-2-4-7-13)18-15(21)11-24-17-20-19-16(25-17)23-10-14-8-5-9-22-14/h2-9,12H,10-11H2,1H3,(H,18,21)/t12-/m1/s1. The minimum Gasteiger partial charge on any atom is -0.349 e. The molecule has 130 valence electrons. The van der Waals surface area contributed by atoms with E-state index in [0.29, 0.717) is 5.75 Å². The van der Waals surface area contributed by atoms with E-state index in [1.54, 1.807) is 34.4 Å². The first kappa shape index (κ1) is 18.4. The van der Waals surface area contributed by atoms with Crippen LogP contribution in [0.25, 0.3) is 0 Å². The third kappa shape index (κ3) is 5.85. The Labute approximate surface area is 163 Å². The number of hydrogen-bond acceptors (Lipinski definition) is 7. The van der Waals surface area contributed by atoms with Crippen LogP contribution in [0.4, 0.5) is 0 Å². The van der Waals surface area contributed by atoms with Gasteiger partial charge in [-0.1, -0.05) is 71.3 Å². The van der Waals surface area contributed by atoms with Crippen LogP contribution in [-0.2, 0) is 10.5 Å². The van der Waals surface area contributed by atoms with E-state index in [-0.39, 0.29) is 11.9 Å². The zero-order chi connectivity index (χ0) is 17.5. The molecule has 3 rings (SSSR count). The predicted octanol–water partition coefficient (Wildman–Crippen LogP) is 4.86.